The lowest BCUT2D eigenvalue weighted by molar-refractivity contribution is 0.318. The van der Waals surface area contributed by atoms with Crippen molar-refractivity contribution in [2.75, 3.05) is 6.61 Å². The molecule has 3 rings (SSSR count). The Bertz CT molecular complexity index is 615. The zero-order valence-electron chi connectivity index (χ0n) is 9.66. The first kappa shape index (κ1) is 10.7. The average molecular weight is 250 g/mol. The molecule has 88 valence electrons. The normalized spacial score (nSPS) is 19.5. The van der Waals surface area contributed by atoms with Gasteiger partial charge >= 0.3 is 0 Å². The first-order chi connectivity index (χ1) is 8.15. The molecule has 0 saturated heterocycles. The highest BCUT2D eigenvalue weighted by Gasteiger charge is 2.22. The molecule has 17 heavy (non-hydrogen) atoms. The van der Waals surface area contributed by atoms with Crippen molar-refractivity contribution in [2.24, 2.45) is 4.99 Å². The van der Waals surface area contributed by atoms with E-state index >= 15 is 0 Å². The summed E-state index contributed by atoms with van der Waals surface area (Å²) in [5.74, 6) is 1.31. The quantitative estimate of drug-likeness (QED) is 0.775. The lowest BCUT2D eigenvalue weighted by Gasteiger charge is -1.97. The maximum Gasteiger partial charge on any atom is 0.253 e. The van der Waals surface area contributed by atoms with E-state index in [1.54, 1.807) is 0 Å². The molecule has 0 aliphatic carbocycles. The van der Waals surface area contributed by atoms with Gasteiger partial charge in [-0.05, 0) is 32.0 Å². The van der Waals surface area contributed by atoms with E-state index in [2.05, 4.69) is 4.99 Å². The van der Waals surface area contributed by atoms with E-state index in [-0.39, 0.29) is 6.04 Å². The van der Waals surface area contributed by atoms with Gasteiger partial charge in [-0.3, -0.25) is 0 Å². The maximum absolute atomic E-state index is 5.98. The molecular formula is C13H12ClNO2. The van der Waals surface area contributed by atoms with Crippen LogP contribution in [0.25, 0.3) is 11.0 Å². The van der Waals surface area contributed by atoms with E-state index < -0.39 is 0 Å². The summed E-state index contributed by atoms with van der Waals surface area (Å²) in [6.07, 6.45) is 0. The molecule has 0 N–H and O–H groups in total. The van der Waals surface area contributed by atoms with Crippen LogP contribution in [-0.4, -0.2) is 18.5 Å². The van der Waals surface area contributed by atoms with Crippen molar-refractivity contribution in [3.63, 3.8) is 0 Å². The summed E-state index contributed by atoms with van der Waals surface area (Å²) in [7, 11) is 0. The highest BCUT2D eigenvalue weighted by Crippen LogP contribution is 2.29. The molecular weight excluding hydrogens is 238 g/mol. The topological polar surface area (TPSA) is 34.7 Å². The van der Waals surface area contributed by atoms with Gasteiger partial charge in [0.25, 0.3) is 5.90 Å². The second-order valence-electron chi connectivity index (χ2n) is 4.29. The zero-order chi connectivity index (χ0) is 12.0. The van der Waals surface area contributed by atoms with E-state index in [9.17, 15) is 0 Å². The molecule has 2 heterocycles. The number of ether oxygens (including phenoxy) is 1. The Morgan fingerprint density at radius 3 is 2.94 bits per heavy atom. The third kappa shape index (κ3) is 1.71. The zero-order valence-corrected chi connectivity index (χ0v) is 10.4. The van der Waals surface area contributed by atoms with Gasteiger partial charge in [0, 0.05) is 16.0 Å². The minimum atomic E-state index is 0.196. The lowest BCUT2D eigenvalue weighted by Crippen LogP contribution is -2.01. The highest BCUT2D eigenvalue weighted by atomic mass is 35.5. The number of furan rings is 1. The summed E-state index contributed by atoms with van der Waals surface area (Å²) in [6, 6.07) is 5.78. The Morgan fingerprint density at radius 1 is 1.41 bits per heavy atom. The summed E-state index contributed by atoms with van der Waals surface area (Å²) >= 11 is 5.98. The third-order valence-corrected chi connectivity index (χ3v) is 3.13. The van der Waals surface area contributed by atoms with Gasteiger partial charge in [0.2, 0.25) is 0 Å². The van der Waals surface area contributed by atoms with E-state index in [1.165, 1.54) is 0 Å². The SMILES string of the molecule is Cc1c(C2=NC(C)CO2)oc2ccc(Cl)cc12. The van der Waals surface area contributed by atoms with Gasteiger partial charge in [-0.15, -0.1) is 0 Å². The standard InChI is InChI=1S/C13H12ClNO2/c1-7-6-16-13(15-7)12-8(2)10-5-9(14)3-4-11(10)17-12/h3-5,7H,6H2,1-2H3. The number of hydrogen-bond donors (Lipinski definition) is 0. The summed E-state index contributed by atoms with van der Waals surface area (Å²) < 4.78 is 11.3. The predicted molar refractivity (Wildman–Crippen MR) is 67.9 cm³/mol. The van der Waals surface area contributed by atoms with E-state index in [4.69, 9.17) is 20.8 Å². The molecule has 1 aliphatic rings. The van der Waals surface area contributed by atoms with Crippen LogP contribution in [0.5, 0.6) is 0 Å². The van der Waals surface area contributed by atoms with Crippen LogP contribution in [0.1, 0.15) is 18.2 Å². The van der Waals surface area contributed by atoms with Crippen LogP contribution < -0.4 is 0 Å². The molecule has 0 bridgehead atoms. The second kappa shape index (κ2) is 3.77. The van der Waals surface area contributed by atoms with Gasteiger partial charge < -0.3 is 9.15 Å². The van der Waals surface area contributed by atoms with Crippen molar-refractivity contribution >= 4 is 28.5 Å². The van der Waals surface area contributed by atoms with Crippen LogP contribution in [0.3, 0.4) is 0 Å². The maximum atomic E-state index is 5.98. The van der Waals surface area contributed by atoms with Crippen LogP contribution >= 0.6 is 11.6 Å². The number of aryl methyl sites for hydroxylation is 1. The molecule has 4 heteroatoms. The third-order valence-electron chi connectivity index (χ3n) is 2.89. The molecule has 1 unspecified atom stereocenters. The average Bonchev–Trinajstić information content (AvgIpc) is 2.84. The van der Waals surface area contributed by atoms with Crippen LogP contribution in [0, 0.1) is 6.92 Å². The number of benzene rings is 1. The Kier molecular flexibility index (Phi) is 2.37. The van der Waals surface area contributed by atoms with Gasteiger partial charge in [0.05, 0.1) is 6.04 Å². The van der Waals surface area contributed by atoms with Gasteiger partial charge in [-0.25, -0.2) is 4.99 Å². The molecule has 3 nitrogen and oxygen atoms in total. The first-order valence-electron chi connectivity index (χ1n) is 5.55. The Morgan fingerprint density at radius 2 is 2.24 bits per heavy atom. The first-order valence-corrected chi connectivity index (χ1v) is 5.92. The highest BCUT2D eigenvalue weighted by molar-refractivity contribution is 6.31. The molecule has 1 aliphatic heterocycles. The number of halogens is 1. The molecule has 1 aromatic heterocycles. The van der Waals surface area contributed by atoms with Crippen LogP contribution in [0.15, 0.2) is 27.6 Å². The van der Waals surface area contributed by atoms with E-state index in [0.717, 1.165) is 16.5 Å². The minimum absolute atomic E-state index is 0.196. The Labute approximate surface area is 104 Å². The van der Waals surface area contributed by atoms with Crippen molar-refractivity contribution in [1.82, 2.24) is 0 Å². The van der Waals surface area contributed by atoms with Crippen molar-refractivity contribution < 1.29 is 9.15 Å². The van der Waals surface area contributed by atoms with Gasteiger partial charge in [0.1, 0.15) is 12.2 Å². The molecule has 0 saturated carbocycles. The molecule has 0 amide bonds. The van der Waals surface area contributed by atoms with E-state index in [1.807, 2.05) is 32.0 Å². The fraction of sp³-hybridized carbons (Fsp3) is 0.308. The summed E-state index contributed by atoms with van der Waals surface area (Å²) in [6.45, 7) is 4.63. The minimum Gasteiger partial charge on any atom is -0.473 e. The molecule has 0 spiro atoms. The largest absolute Gasteiger partial charge is 0.473 e. The summed E-state index contributed by atoms with van der Waals surface area (Å²) in [4.78, 5) is 4.40. The smallest absolute Gasteiger partial charge is 0.253 e. The van der Waals surface area contributed by atoms with Crippen molar-refractivity contribution in [1.29, 1.82) is 0 Å². The summed E-state index contributed by atoms with van der Waals surface area (Å²) in [5.41, 5.74) is 1.84. The molecule has 1 atom stereocenters. The fourth-order valence-corrected chi connectivity index (χ4v) is 2.17. The summed E-state index contributed by atoms with van der Waals surface area (Å²) in [5, 5.41) is 1.72. The van der Waals surface area contributed by atoms with Crippen molar-refractivity contribution in [2.45, 2.75) is 19.9 Å². The molecule has 0 radical (unpaired) electrons. The monoisotopic (exact) mass is 249 g/mol. The second-order valence-corrected chi connectivity index (χ2v) is 4.73. The Balaban J connectivity index is 2.18. The van der Waals surface area contributed by atoms with Crippen molar-refractivity contribution in [3.8, 4) is 0 Å². The molecule has 2 aromatic rings. The van der Waals surface area contributed by atoms with Gasteiger partial charge in [-0.2, -0.15) is 0 Å². The number of nitrogens with zero attached hydrogens (tertiary/aromatic N) is 1. The number of hydrogen-bond acceptors (Lipinski definition) is 3. The van der Waals surface area contributed by atoms with Gasteiger partial charge in [0.15, 0.2) is 5.76 Å². The van der Waals surface area contributed by atoms with Crippen molar-refractivity contribution in [3.05, 3.63) is 34.5 Å². The van der Waals surface area contributed by atoms with Crippen LogP contribution in [0.4, 0.5) is 0 Å². The van der Waals surface area contributed by atoms with Crippen LogP contribution in [0.2, 0.25) is 5.02 Å². The van der Waals surface area contributed by atoms with E-state index in [0.29, 0.717) is 23.3 Å². The predicted octanol–water partition coefficient (Wildman–Crippen LogP) is 3.56. The van der Waals surface area contributed by atoms with Crippen LogP contribution in [-0.2, 0) is 4.74 Å². The number of fused-ring (bicyclic) bond motifs is 1. The molecule has 1 aromatic carbocycles. The fourth-order valence-electron chi connectivity index (χ4n) is 2.00. The molecule has 0 fully saturated rings. The lowest BCUT2D eigenvalue weighted by atomic mass is 10.1. The Hall–Kier alpha value is -1.48. The number of rotatable bonds is 1. The number of aliphatic imine (C=N–C) groups is 1. The van der Waals surface area contributed by atoms with Gasteiger partial charge in [-0.1, -0.05) is 11.6 Å².